The number of halogens is 3. The van der Waals surface area contributed by atoms with Gasteiger partial charge < -0.3 is 14.6 Å². The van der Waals surface area contributed by atoms with Crippen molar-refractivity contribution in [2.24, 2.45) is 5.92 Å². The van der Waals surface area contributed by atoms with Crippen molar-refractivity contribution in [3.05, 3.63) is 83.2 Å². The van der Waals surface area contributed by atoms with E-state index in [1.54, 1.807) is 36.4 Å². The van der Waals surface area contributed by atoms with Gasteiger partial charge in [-0.25, -0.2) is 8.78 Å². The lowest BCUT2D eigenvalue weighted by atomic mass is 9.79. The number of benzene rings is 3. The summed E-state index contributed by atoms with van der Waals surface area (Å²) >= 11 is 0. The third-order valence-corrected chi connectivity index (χ3v) is 6.54. The first-order chi connectivity index (χ1) is 16.5. The van der Waals surface area contributed by atoms with Crippen LogP contribution in [0.5, 0.6) is 11.5 Å². The predicted octanol–water partition coefficient (Wildman–Crippen LogP) is 7.01. The third kappa shape index (κ3) is 5.39. The smallest absolute Gasteiger partial charge is 0.201 e. The summed E-state index contributed by atoms with van der Waals surface area (Å²) in [6, 6.07) is 14.7. The van der Waals surface area contributed by atoms with E-state index < -0.39 is 11.6 Å². The molecule has 0 heterocycles. The number of hydrogen-bond donors (Lipinski definition) is 1. The minimum Gasteiger partial charge on any atom is -0.494 e. The Balaban J connectivity index is 1.34. The zero-order valence-corrected chi connectivity index (χ0v) is 19.2. The van der Waals surface area contributed by atoms with E-state index in [9.17, 15) is 13.2 Å². The van der Waals surface area contributed by atoms with E-state index in [-0.39, 0.29) is 35.6 Å². The van der Waals surface area contributed by atoms with E-state index in [1.807, 2.05) is 6.92 Å². The Labute approximate surface area is 198 Å². The summed E-state index contributed by atoms with van der Waals surface area (Å²) in [4.78, 5) is 0. The molecule has 0 aliphatic heterocycles. The zero-order chi connectivity index (χ0) is 24.1. The van der Waals surface area contributed by atoms with Crippen LogP contribution in [0.15, 0.2) is 54.6 Å². The molecule has 3 aromatic rings. The largest absolute Gasteiger partial charge is 0.494 e. The van der Waals surface area contributed by atoms with E-state index in [2.05, 4.69) is 0 Å². The fraction of sp³-hybridized carbons (Fsp3) is 0.357. The Bertz CT molecular complexity index is 1110. The van der Waals surface area contributed by atoms with E-state index >= 15 is 0 Å². The van der Waals surface area contributed by atoms with Crippen molar-refractivity contribution in [1.29, 1.82) is 0 Å². The summed E-state index contributed by atoms with van der Waals surface area (Å²) in [5.41, 5.74) is 2.08. The van der Waals surface area contributed by atoms with Gasteiger partial charge in [0.15, 0.2) is 11.6 Å². The summed E-state index contributed by atoms with van der Waals surface area (Å²) in [5, 5.41) is 9.14. The number of aliphatic hydroxyl groups is 1. The van der Waals surface area contributed by atoms with Crippen LogP contribution in [0.4, 0.5) is 13.2 Å². The fourth-order valence-electron chi connectivity index (χ4n) is 4.60. The minimum absolute atomic E-state index is 0.104. The first-order valence-electron chi connectivity index (χ1n) is 11.7. The molecule has 1 N–H and O–H groups in total. The molecule has 3 nitrogen and oxygen atoms in total. The van der Waals surface area contributed by atoms with Crippen molar-refractivity contribution >= 4 is 0 Å². The first kappa shape index (κ1) is 24.1. The highest BCUT2D eigenvalue weighted by atomic mass is 19.2. The van der Waals surface area contributed by atoms with Crippen molar-refractivity contribution in [1.82, 2.24) is 0 Å². The molecule has 0 saturated heterocycles. The van der Waals surface area contributed by atoms with Gasteiger partial charge in [-0.15, -0.1) is 0 Å². The van der Waals surface area contributed by atoms with Gasteiger partial charge in [0, 0.05) is 11.6 Å². The maximum atomic E-state index is 14.7. The molecular weight excluding hydrogens is 441 g/mol. The van der Waals surface area contributed by atoms with E-state index in [0.29, 0.717) is 35.7 Å². The normalized spacial score (nSPS) is 18.0. The monoisotopic (exact) mass is 470 g/mol. The predicted molar refractivity (Wildman–Crippen MR) is 125 cm³/mol. The molecule has 180 valence electrons. The van der Waals surface area contributed by atoms with Gasteiger partial charge in [-0.3, -0.25) is 0 Å². The van der Waals surface area contributed by atoms with Crippen LogP contribution in [0.2, 0.25) is 0 Å². The third-order valence-electron chi connectivity index (χ3n) is 6.54. The van der Waals surface area contributed by atoms with Crippen molar-refractivity contribution in [3.8, 4) is 22.6 Å². The molecule has 34 heavy (non-hydrogen) atoms. The highest BCUT2D eigenvalue weighted by molar-refractivity contribution is 5.65. The molecule has 6 heteroatoms. The number of hydrogen-bond acceptors (Lipinski definition) is 3. The Morgan fingerprint density at radius 1 is 0.853 bits per heavy atom. The van der Waals surface area contributed by atoms with Gasteiger partial charge in [0.25, 0.3) is 0 Å². The van der Waals surface area contributed by atoms with Gasteiger partial charge in [0.2, 0.25) is 5.82 Å². The molecule has 0 aromatic heterocycles. The lowest BCUT2D eigenvalue weighted by Gasteiger charge is -2.29. The second-order valence-electron chi connectivity index (χ2n) is 8.74. The summed E-state index contributed by atoms with van der Waals surface area (Å²) in [6.45, 7) is 2.54. The maximum absolute atomic E-state index is 14.7. The van der Waals surface area contributed by atoms with E-state index in [4.69, 9.17) is 14.6 Å². The van der Waals surface area contributed by atoms with Crippen molar-refractivity contribution in [2.75, 3.05) is 13.2 Å². The number of aliphatic hydroxyl groups excluding tert-OH is 1. The van der Waals surface area contributed by atoms with Crippen LogP contribution in [0.25, 0.3) is 11.1 Å². The van der Waals surface area contributed by atoms with E-state index in [0.717, 1.165) is 25.7 Å². The van der Waals surface area contributed by atoms with Crippen molar-refractivity contribution in [3.63, 3.8) is 0 Å². The molecule has 1 aliphatic carbocycles. The summed E-state index contributed by atoms with van der Waals surface area (Å²) in [5.74, 6) is -1.43. The number of rotatable bonds is 8. The molecule has 0 radical (unpaired) electrons. The van der Waals surface area contributed by atoms with Gasteiger partial charge >= 0.3 is 0 Å². The van der Waals surface area contributed by atoms with Gasteiger partial charge in [0.05, 0.1) is 19.8 Å². The van der Waals surface area contributed by atoms with Crippen LogP contribution in [0, 0.1) is 23.4 Å². The van der Waals surface area contributed by atoms with Crippen molar-refractivity contribution < 1.29 is 27.8 Å². The Hall–Kier alpha value is -2.99. The second kappa shape index (κ2) is 11.0. The topological polar surface area (TPSA) is 38.7 Å². The molecule has 1 aliphatic rings. The standard InChI is InChI=1S/C28H29F3O3/c1-2-33-22-11-12-23(25(29)15-22)20-9-5-19(6-10-20)17-34-26-14-13-24(27(30)28(26)31)21-7-3-18(16-32)4-8-21/h3-4,7-8,11-15,19-20,32H,2,5-6,9-10,16-17H2,1H3. The molecule has 1 saturated carbocycles. The molecule has 4 rings (SSSR count). The van der Waals surface area contributed by atoms with Gasteiger partial charge in [0.1, 0.15) is 11.6 Å². The summed E-state index contributed by atoms with van der Waals surface area (Å²) in [6.07, 6.45) is 3.30. The van der Waals surface area contributed by atoms with Crippen LogP contribution < -0.4 is 9.47 Å². The zero-order valence-electron chi connectivity index (χ0n) is 19.2. The fourth-order valence-corrected chi connectivity index (χ4v) is 4.60. The molecule has 0 unspecified atom stereocenters. The highest BCUT2D eigenvalue weighted by Gasteiger charge is 2.26. The Morgan fingerprint density at radius 3 is 2.24 bits per heavy atom. The van der Waals surface area contributed by atoms with Crippen LogP contribution in [-0.2, 0) is 6.61 Å². The Kier molecular flexibility index (Phi) is 7.78. The van der Waals surface area contributed by atoms with Gasteiger partial charge in [-0.05, 0) is 79.3 Å². The van der Waals surface area contributed by atoms with E-state index in [1.165, 1.54) is 18.2 Å². The molecule has 3 aromatic carbocycles. The molecule has 0 spiro atoms. The second-order valence-corrected chi connectivity index (χ2v) is 8.74. The average Bonchev–Trinajstić information content (AvgIpc) is 2.86. The van der Waals surface area contributed by atoms with Crippen LogP contribution in [-0.4, -0.2) is 18.3 Å². The average molecular weight is 471 g/mol. The quantitative estimate of drug-likeness (QED) is 0.385. The van der Waals surface area contributed by atoms with Crippen LogP contribution in [0.3, 0.4) is 0 Å². The minimum atomic E-state index is -1.01. The van der Waals surface area contributed by atoms with Crippen LogP contribution in [0.1, 0.15) is 49.7 Å². The lowest BCUT2D eigenvalue weighted by Crippen LogP contribution is -2.20. The number of ether oxygens (including phenoxy) is 2. The molecule has 0 atom stereocenters. The lowest BCUT2D eigenvalue weighted by molar-refractivity contribution is 0.192. The first-order valence-corrected chi connectivity index (χ1v) is 11.7. The molecule has 0 bridgehead atoms. The van der Waals surface area contributed by atoms with Gasteiger partial charge in [-0.1, -0.05) is 30.3 Å². The molecule has 0 amide bonds. The maximum Gasteiger partial charge on any atom is 0.201 e. The van der Waals surface area contributed by atoms with Crippen molar-refractivity contribution in [2.45, 2.75) is 45.1 Å². The molecule has 1 fully saturated rings. The van der Waals surface area contributed by atoms with Gasteiger partial charge in [-0.2, -0.15) is 4.39 Å². The van der Waals surface area contributed by atoms with Crippen LogP contribution >= 0.6 is 0 Å². The summed E-state index contributed by atoms with van der Waals surface area (Å²) < 4.78 is 54.9. The summed E-state index contributed by atoms with van der Waals surface area (Å²) in [7, 11) is 0. The highest BCUT2D eigenvalue weighted by Crippen LogP contribution is 2.38. The molecular formula is C28H29F3O3. The Morgan fingerprint density at radius 2 is 1.59 bits per heavy atom. The SMILES string of the molecule is CCOc1ccc(C2CCC(COc3ccc(-c4ccc(CO)cc4)c(F)c3F)CC2)c(F)c1.